The molecule has 6 heteroatoms. The van der Waals surface area contributed by atoms with Crippen molar-refractivity contribution >= 4 is 151 Å². The van der Waals surface area contributed by atoms with Crippen LogP contribution in [0.25, 0.3) is 93.6 Å². The van der Waals surface area contributed by atoms with Crippen molar-refractivity contribution in [3.63, 3.8) is 0 Å². The highest BCUT2D eigenvalue weighted by atomic mass is 32.1. The molecule has 0 radical (unpaired) electrons. The molecule has 310 valence electrons. The molecule has 4 aromatic heterocycles. The zero-order valence-corrected chi connectivity index (χ0v) is 37.8. The standard InChI is InChI=1S/C60H36N2OS3/c1-3-14-38(15-4-1)61(40-27-30-57-49(33-40)45-19-8-10-23-54(45)64-57)42-35-51-48-32-37(43-21-13-22-47-44-18-7-12-25-56(44)66-60(43)47)26-29-53(48)63-59(51)52(36-42)62(39-16-5-2-6-17-39)41-28-31-58-50(34-41)46-20-9-11-24-55(46)65-58/h1-36H. The van der Waals surface area contributed by atoms with Crippen LogP contribution in [0.15, 0.2) is 223 Å². The normalized spacial score (nSPS) is 11.9. The highest BCUT2D eigenvalue weighted by Gasteiger charge is 2.25. The van der Waals surface area contributed by atoms with Crippen LogP contribution >= 0.6 is 34.0 Å². The number of anilines is 6. The summed E-state index contributed by atoms with van der Waals surface area (Å²) in [6.45, 7) is 0. The Labute approximate surface area is 391 Å². The molecule has 0 aliphatic carbocycles. The maximum Gasteiger partial charge on any atom is 0.159 e. The second-order valence-electron chi connectivity index (χ2n) is 16.8. The Morgan fingerprint density at radius 2 is 0.818 bits per heavy atom. The molecule has 0 N–H and O–H groups in total. The summed E-state index contributed by atoms with van der Waals surface area (Å²) in [6.07, 6.45) is 0. The lowest BCUT2D eigenvalue weighted by atomic mass is 10.00. The van der Waals surface area contributed by atoms with Gasteiger partial charge in [-0.2, -0.15) is 0 Å². The topological polar surface area (TPSA) is 19.6 Å². The van der Waals surface area contributed by atoms with Crippen molar-refractivity contribution in [2.45, 2.75) is 0 Å². The minimum atomic E-state index is 0.831. The lowest BCUT2D eigenvalue weighted by molar-refractivity contribution is 0.669. The molecule has 0 fully saturated rings. The molecule has 0 aliphatic rings. The van der Waals surface area contributed by atoms with Crippen LogP contribution in [-0.2, 0) is 0 Å². The van der Waals surface area contributed by atoms with Crippen molar-refractivity contribution in [1.29, 1.82) is 0 Å². The molecule has 0 saturated heterocycles. The van der Waals surface area contributed by atoms with E-state index in [1.165, 1.54) is 71.6 Å². The third kappa shape index (κ3) is 5.93. The first-order valence-electron chi connectivity index (χ1n) is 22.1. The molecular weight excluding hydrogens is 861 g/mol. The van der Waals surface area contributed by atoms with Crippen molar-refractivity contribution in [3.8, 4) is 11.1 Å². The van der Waals surface area contributed by atoms with E-state index in [2.05, 4.69) is 228 Å². The van der Waals surface area contributed by atoms with Crippen LogP contribution in [0.5, 0.6) is 0 Å². The van der Waals surface area contributed by atoms with Crippen LogP contribution in [0.2, 0.25) is 0 Å². The van der Waals surface area contributed by atoms with Gasteiger partial charge in [0.1, 0.15) is 5.58 Å². The Kier molecular flexibility index (Phi) is 8.50. The van der Waals surface area contributed by atoms with E-state index in [4.69, 9.17) is 4.42 Å². The summed E-state index contributed by atoms with van der Waals surface area (Å²) in [5.41, 5.74) is 10.3. The third-order valence-corrected chi connectivity index (χ3v) is 16.5. The van der Waals surface area contributed by atoms with Crippen molar-refractivity contribution in [3.05, 3.63) is 218 Å². The van der Waals surface area contributed by atoms with Gasteiger partial charge < -0.3 is 14.2 Å². The number of hydrogen-bond donors (Lipinski definition) is 0. The van der Waals surface area contributed by atoms with Crippen molar-refractivity contribution < 1.29 is 4.42 Å². The smallest absolute Gasteiger partial charge is 0.159 e. The Balaban J connectivity index is 1.06. The van der Waals surface area contributed by atoms with E-state index in [9.17, 15) is 0 Å². The Bertz CT molecular complexity index is 4200. The van der Waals surface area contributed by atoms with Gasteiger partial charge in [-0.25, -0.2) is 0 Å². The van der Waals surface area contributed by atoms with Gasteiger partial charge in [-0.1, -0.05) is 115 Å². The number of thiophene rings is 3. The summed E-state index contributed by atoms with van der Waals surface area (Å²) in [4.78, 5) is 4.80. The number of nitrogens with zero attached hydrogens (tertiary/aromatic N) is 2. The van der Waals surface area contributed by atoms with Crippen LogP contribution in [0, 0.1) is 0 Å². The van der Waals surface area contributed by atoms with E-state index >= 15 is 0 Å². The molecule has 4 heterocycles. The SMILES string of the molecule is c1ccc(N(c2ccc3sc4ccccc4c3c2)c2cc(N(c3ccccc3)c3ccc4sc5ccccc5c4c3)c3oc4ccc(-c5cccc6c5sc5ccccc56)cc4c3c2)cc1. The molecule has 14 rings (SSSR count). The Hall–Kier alpha value is -7.74. The Morgan fingerprint density at radius 3 is 1.47 bits per heavy atom. The summed E-state index contributed by atoms with van der Waals surface area (Å²) in [7, 11) is 0. The van der Waals surface area contributed by atoms with Crippen LogP contribution in [0.3, 0.4) is 0 Å². The number of fused-ring (bicyclic) bond motifs is 12. The minimum absolute atomic E-state index is 0.831. The highest BCUT2D eigenvalue weighted by molar-refractivity contribution is 7.26. The minimum Gasteiger partial charge on any atom is -0.454 e. The molecule has 0 aliphatic heterocycles. The largest absolute Gasteiger partial charge is 0.454 e. The number of furan rings is 1. The number of hydrogen-bond acceptors (Lipinski definition) is 6. The fourth-order valence-corrected chi connectivity index (χ4v) is 13.4. The van der Waals surface area contributed by atoms with E-state index in [1.807, 2.05) is 34.0 Å². The fraction of sp³-hybridized carbons (Fsp3) is 0. The van der Waals surface area contributed by atoms with E-state index in [0.29, 0.717) is 0 Å². The third-order valence-electron chi connectivity index (χ3n) is 13.0. The summed E-state index contributed by atoms with van der Waals surface area (Å²) >= 11 is 5.55. The first-order valence-corrected chi connectivity index (χ1v) is 24.6. The summed E-state index contributed by atoms with van der Waals surface area (Å²) in [6, 6.07) is 79.7. The Morgan fingerprint density at radius 1 is 0.303 bits per heavy atom. The molecule has 3 nitrogen and oxygen atoms in total. The monoisotopic (exact) mass is 896 g/mol. The van der Waals surface area contributed by atoms with Crippen LogP contribution in [0.4, 0.5) is 34.1 Å². The van der Waals surface area contributed by atoms with Crippen molar-refractivity contribution in [2.24, 2.45) is 0 Å². The summed E-state index contributed by atoms with van der Waals surface area (Å²) < 4.78 is 14.9. The maximum atomic E-state index is 7.16. The zero-order chi connectivity index (χ0) is 43.3. The van der Waals surface area contributed by atoms with Gasteiger partial charge in [0.2, 0.25) is 0 Å². The predicted molar refractivity (Wildman–Crippen MR) is 287 cm³/mol. The highest BCUT2D eigenvalue weighted by Crippen LogP contribution is 2.50. The number of benzene rings is 10. The average Bonchev–Trinajstić information content (AvgIpc) is 4.15. The number of rotatable bonds is 7. The lowest BCUT2D eigenvalue weighted by Crippen LogP contribution is -2.13. The maximum absolute atomic E-state index is 7.16. The molecule has 0 unspecified atom stereocenters. The van der Waals surface area contributed by atoms with E-state index in [0.717, 1.165) is 56.1 Å². The van der Waals surface area contributed by atoms with Crippen LogP contribution in [-0.4, -0.2) is 0 Å². The molecule has 0 atom stereocenters. The molecule has 0 amide bonds. The fourth-order valence-electron chi connectivity index (χ4n) is 10.0. The van der Waals surface area contributed by atoms with Gasteiger partial charge in [0.15, 0.2) is 5.58 Å². The number of para-hydroxylation sites is 2. The zero-order valence-electron chi connectivity index (χ0n) is 35.3. The first kappa shape index (κ1) is 37.6. The summed E-state index contributed by atoms with van der Waals surface area (Å²) in [5.74, 6) is 0. The van der Waals surface area contributed by atoms with Gasteiger partial charge >= 0.3 is 0 Å². The van der Waals surface area contributed by atoms with E-state index in [-0.39, 0.29) is 0 Å². The van der Waals surface area contributed by atoms with E-state index in [1.54, 1.807) is 0 Å². The van der Waals surface area contributed by atoms with Gasteiger partial charge in [0.25, 0.3) is 0 Å². The molecular formula is C60H36N2OS3. The van der Waals surface area contributed by atoms with Gasteiger partial charge in [0, 0.05) is 99.7 Å². The van der Waals surface area contributed by atoms with Gasteiger partial charge in [-0.05, 0) is 114 Å². The van der Waals surface area contributed by atoms with Gasteiger partial charge in [0.05, 0.1) is 5.69 Å². The van der Waals surface area contributed by atoms with E-state index < -0.39 is 0 Å². The van der Waals surface area contributed by atoms with Gasteiger partial charge in [-0.15, -0.1) is 34.0 Å². The first-order chi connectivity index (χ1) is 32.7. The molecule has 0 bridgehead atoms. The van der Waals surface area contributed by atoms with Crippen molar-refractivity contribution in [2.75, 3.05) is 9.80 Å². The predicted octanol–water partition coefficient (Wildman–Crippen LogP) is 19.3. The second-order valence-corrected chi connectivity index (χ2v) is 20.1. The molecule has 66 heavy (non-hydrogen) atoms. The molecule has 14 aromatic rings. The average molecular weight is 897 g/mol. The van der Waals surface area contributed by atoms with Gasteiger partial charge in [-0.3, -0.25) is 0 Å². The van der Waals surface area contributed by atoms with Crippen LogP contribution in [0.1, 0.15) is 0 Å². The quantitative estimate of drug-likeness (QED) is 0.159. The van der Waals surface area contributed by atoms with Crippen molar-refractivity contribution in [1.82, 2.24) is 0 Å². The summed E-state index contributed by atoms with van der Waals surface area (Å²) in [5, 5.41) is 9.75. The second kappa shape index (κ2) is 14.9. The molecule has 10 aromatic carbocycles. The molecule has 0 spiro atoms. The lowest BCUT2D eigenvalue weighted by Gasteiger charge is -2.29. The molecule has 0 saturated carbocycles. The van der Waals surface area contributed by atoms with Crippen LogP contribution < -0.4 is 9.80 Å².